The molecule has 7 nitrogen and oxygen atoms in total. The van der Waals surface area contributed by atoms with Crippen molar-refractivity contribution in [2.24, 2.45) is 0 Å². The van der Waals surface area contributed by atoms with E-state index in [4.69, 9.17) is 0 Å². The number of hydrogen-bond donors (Lipinski definition) is 3. The van der Waals surface area contributed by atoms with Crippen LogP contribution in [0.1, 0.15) is 43.4 Å². The lowest BCUT2D eigenvalue weighted by Gasteiger charge is -2.26. The van der Waals surface area contributed by atoms with Crippen molar-refractivity contribution in [2.45, 2.75) is 13.0 Å². The Labute approximate surface area is 229 Å². The van der Waals surface area contributed by atoms with Crippen LogP contribution in [-0.4, -0.2) is 34.2 Å². The van der Waals surface area contributed by atoms with E-state index in [0.717, 1.165) is 51.0 Å². The molecule has 5 aromatic rings. The molecule has 3 N–H and O–H groups in total. The fourth-order valence-electron chi connectivity index (χ4n) is 5.23. The Morgan fingerprint density at radius 2 is 1.57 bits per heavy atom. The highest BCUT2D eigenvalue weighted by Gasteiger charge is 2.41. The number of nitrogens with one attached hydrogen (secondary N) is 3. The van der Waals surface area contributed by atoms with Gasteiger partial charge in [0.05, 0.1) is 11.7 Å². The van der Waals surface area contributed by atoms with Gasteiger partial charge in [-0.1, -0.05) is 66.2 Å². The molecule has 8 heteroatoms. The number of amides is 3. The number of aromatic nitrogens is 1. The maximum absolute atomic E-state index is 13.7. The van der Waals surface area contributed by atoms with E-state index in [-0.39, 0.29) is 18.0 Å². The van der Waals surface area contributed by atoms with Gasteiger partial charge in [0, 0.05) is 27.6 Å². The molecule has 0 aliphatic carbocycles. The van der Waals surface area contributed by atoms with Crippen molar-refractivity contribution in [3.05, 3.63) is 131 Å². The number of aromatic amines is 1. The van der Waals surface area contributed by atoms with Crippen LogP contribution in [0.5, 0.6) is 0 Å². The molecule has 1 aromatic heterocycles. The maximum atomic E-state index is 13.7. The molecule has 0 radical (unpaired) electrons. The van der Waals surface area contributed by atoms with Gasteiger partial charge >= 0.3 is 0 Å². The Hall–Kier alpha value is -5.24. The van der Waals surface area contributed by atoms with E-state index in [1.54, 1.807) is 12.1 Å². The summed E-state index contributed by atoms with van der Waals surface area (Å²) in [5.74, 6) is -1.92. The molecule has 40 heavy (non-hydrogen) atoms. The fourth-order valence-corrected chi connectivity index (χ4v) is 5.23. The summed E-state index contributed by atoms with van der Waals surface area (Å²) in [5, 5.41) is 0.947. The van der Waals surface area contributed by atoms with E-state index < -0.39 is 23.7 Å². The van der Waals surface area contributed by atoms with Crippen LogP contribution in [0.4, 0.5) is 4.39 Å². The first kappa shape index (κ1) is 25.1. The van der Waals surface area contributed by atoms with Crippen molar-refractivity contribution in [1.82, 2.24) is 20.7 Å². The molecule has 1 unspecified atom stereocenters. The van der Waals surface area contributed by atoms with Crippen molar-refractivity contribution >= 4 is 28.6 Å². The minimum Gasteiger partial charge on any atom is -0.354 e. The number of H-pyrrole nitrogens is 1. The first-order chi connectivity index (χ1) is 19.4. The van der Waals surface area contributed by atoms with Gasteiger partial charge in [0.1, 0.15) is 12.4 Å². The second-order valence-electron chi connectivity index (χ2n) is 9.76. The van der Waals surface area contributed by atoms with Crippen LogP contribution in [0.3, 0.4) is 0 Å². The predicted molar refractivity (Wildman–Crippen MR) is 150 cm³/mol. The summed E-state index contributed by atoms with van der Waals surface area (Å²) in [5.41, 5.74) is 11.0. The van der Waals surface area contributed by atoms with E-state index in [1.807, 2.05) is 67.6 Å². The van der Waals surface area contributed by atoms with Gasteiger partial charge in [0.15, 0.2) is 0 Å². The number of nitrogens with zero attached hydrogens (tertiary/aromatic N) is 1. The molecule has 1 atom stereocenters. The number of fused-ring (bicyclic) bond motifs is 2. The molecular formula is C32H25FN4O3. The lowest BCUT2D eigenvalue weighted by atomic mass is 9.93. The number of para-hydroxylation sites is 1. The molecule has 6 rings (SSSR count). The van der Waals surface area contributed by atoms with Gasteiger partial charge in [-0.25, -0.2) is 4.39 Å². The molecule has 1 aliphatic heterocycles. The Kier molecular flexibility index (Phi) is 6.36. The monoisotopic (exact) mass is 532 g/mol. The van der Waals surface area contributed by atoms with Crippen molar-refractivity contribution in [3.63, 3.8) is 0 Å². The zero-order valence-electron chi connectivity index (χ0n) is 21.6. The number of carbonyl (C=O) groups excluding carboxylic acids is 3. The molecule has 1 aliphatic rings. The first-order valence-corrected chi connectivity index (χ1v) is 12.8. The molecular weight excluding hydrogens is 507 g/mol. The Morgan fingerprint density at radius 1 is 0.875 bits per heavy atom. The quantitative estimate of drug-likeness (QED) is 0.269. The van der Waals surface area contributed by atoms with Gasteiger partial charge in [0.25, 0.3) is 17.7 Å². The van der Waals surface area contributed by atoms with Crippen LogP contribution in [0.15, 0.2) is 97.1 Å². The Balaban J connectivity index is 1.36. The van der Waals surface area contributed by atoms with Crippen molar-refractivity contribution < 1.29 is 18.8 Å². The minimum atomic E-state index is -0.598. The number of benzene rings is 4. The molecule has 0 fully saturated rings. The Morgan fingerprint density at radius 3 is 2.35 bits per heavy atom. The third-order valence-electron chi connectivity index (χ3n) is 7.15. The zero-order chi connectivity index (χ0) is 27.8. The molecule has 0 saturated carbocycles. The highest BCUT2D eigenvalue weighted by molar-refractivity contribution is 6.04. The largest absolute Gasteiger partial charge is 0.354 e. The SMILES string of the molecule is Cc1ccc(-c2[nH]c3ccccc3c2C2c3ccccc3C(=O)N2CC(=O)NNC(=O)c2ccc(F)cc2)cc1. The smallest absolute Gasteiger partial charge is 0.269 e. The summed E-state index contributed by atoms with van der Waals surface area (Å²) in [7, 11) is 0. The summed E-state index contributed by atoms with van der Waals surface area (Å²) in [6.45, 7) is 1.73. The number of carbonyl (C=O) groups is 3. The summed E-state index contributed by atoms with van der Waals surface area (Å²) in [6.07, 6.45) is 0. The average molecular weight is 533 g/mol. The van der Waals surface area contributed by atoms with Crippen molar-refractivity contribution in [2.75, 3.05) is 6.54 Å². The van der Waals surface area contributed by atoms with E-state index in [1.165, 1.54) is 17.0 Å². The van der Waals surface area contributed by atoms with Crippen LogP contribution in [-0.2, 0) is 4.79 Å². The van der Waals surface area contributed by atoms with Crippen molar-refractivity contribution in [3.8, 4) is 11.3 Å². The first-order valence-electron chi connectivity index (χ1n) is 12.8. The second-order valence-corrected chi connectivity index (χ2v) is 9.76. The topological polar surface area (TPSA) is 94.3 Å². The maximum Gasteiger partial charge on any atom is 0.269 e. The molecule has 0 spiro atoms. The number of aryl methyl sites for hydroxylation is 1. The van der Waals surface area contributed by atoms with E-state index in [0.29, 0.717) is 5.56 Å². The summed E-state index contributed by atoms with van der Waals surface area (Å²) in [6, 6.07) is 27.8. The predicted octanol–water partition coefficient (Wildman–Crippen LogP) is 5.29. The summed E-state index contributed by atoms with van der Waals surface area (Å²) < 4.78 is 13.2. The van der Waals surface area contributed by atoms with Gasteiger partial charge in [-0.05, 0) is 54.4 Å². The van der Waals surface area contributed by atoms with Gasteiger partial charge in [0.2, 0.25) is 0 Å². The van der Waals surface area contributed by atoms with Gasteiger partial charge < -0.3 is 9.88 Å². The van der Waals surface area contributed by atoms with Gasteiger partial charge in [-0.2, -0.15) is 0 Å². The minimum absolute atomic E-state index is 0.186. The fraction of sp³-hybridized carbons (Fsp3) is 0.0938. The number of hydrazine groups is 1. The van der Waals surface area contributed by atoms with Gasteiger partial charge in [-0.3, -0.25) is 25.2 Å². The number of hydrogen-bond acceptors (Lipinski definition) is 3. The summed E-state index contributed by atoms with van der Waals surface area (Å²) >= 11 is 0. The highest BCUT2D eigenvalue weighted by atomic mass is 19.1. The standard InChI is InChI=1S/C32H25FN4O3/c1-19-10-12-20(13-11-19)29-28(25-8-4-5-9-26(25)34-29)30-23-6-2-3-7-24(23)32(40)37(30)18-27(38)35-36-31(39)21-14-16-22(33)17-15-21/h2-17,30,34H,18H2,1H3,(H,35,38)(H,36,39). The molecule has 3 amide bonds. The second kappa shape index (κ2) is 10.1. The number of halogens is 1. The normalized spacial score (nSPS) is 14.3. The van der Waals surface area contributed by atoms with E-state index in [2.05, 4.69) is 15.8 Å². The molecule has 0 saturated heterocycles. The molecule has 0 bridgehead atoms. The molecule has 2 heterocycles. The lowest BCUT2D eigenvalue weighted by molar-refractivity contribution is -0.122. The van der Waals surface area contributed by atoms with E-state index in [9.17, 15) is 18.8 Å². The van der Waals surface area contributed by atoms with Crippen LogP contribution in [0, 0.1) is 12.7 Å². The lowest BCUT2D eigenvalue weighted by Crippen LogP contribution is -2.47. The number of rotatable bonds is 5. The molecule has 198 valence electrons. The van der Waals surface area contributed by atoms with Crippen LogP contribution < -0.4 is 10.9 Å². The van der Waals surface area contributed by atoms with Crippen molar-refractivity contribution in [1.29, 1.82) is 0 Å². The van der Waals surface area contributed by atoms with Crippen LogP contribution >= 0.6 is 0 Å². The molecule has 4 aromatic carbocycles. The highest BCUT2D eigenvalue weighted by Crippen LogP contribution is 2.45. The van der Waals surface area contributed by atoms with Crippen LogP contribution in [0.2, 0.25) is 0 Å². The van der Waals surface area contributed by atoms with Gasteiger partial charge in [-0.15, -0.1) is 0 Å². The third kappa shape index (κ3) is 4.49. The van der Waals surface area contributed by atoms with Crippen LogP contribution in [0.25, 0.3) is 22.2 Å². The van der Waals surface area contributed by atoms with E-state index >= 15 is 0 Å². The Bertz CT molecular complexity index is 1760. The zero-order valence-corrected chi connectivity index (χ0v) is 21.6. The third-order valence-corrected chi connectivity index (χ3v) is 7.15. The average Bonchev–Trinajstić information content (AvgIpc) is 3.47. The summed E-state index contributed by atoms with van der Waals surface area (Å²) in [4.78, 5) is 44.2.